The van der Waals surface area contributed by atoms with E-state index in [0.29, 0.717) is 12.5 Å². The molecule has 5 nitrogen and oxygen atoms in total. The second-order valence-corrected chi connectivity index (χ2v) is 6.29. The number of nitrogens with zero attached hydrogens (tertiary/aromatic N) is 2. The Bertz CT molecular complexity index is 483. The maximum atomic E-state index is 12.0. The number of rotatable bonds is 4. The molecule has 112 valence electrons. The molecule has 2 N–H and O–H groups in total. The van der Waals surface area contributed by atoms with E-state index in [0.717, 1.165) is 30.7 Å². The summed E-state index contributed by atoms with van der Waals surface area (Å²) in [5, 5.41) is 17.6. The van der Waals surface area contributed by atoms with E-state index >= 15 is 0 Å². The molecular formula is C15H25N3O2. The number of carbonyl (C=O) groups is 1. The molecule has 0 spiro atoms. The summed E-state index contributed by atoms with van der Waals surface area (Å²) < 4.78 is 1.69. The molecule has 1 amide bonds. The molecule has 2 rings (SSSR count). The van der Waals surface area contributed by atoms with Gasteiger partial charge in [-0.25, -0.2) is 0 Å². The predicted octanol–water partition coefficient (Wildman–Crippen LogP) is 1.56. The van der Waals surface area contributed by atoms with Crippen molar-refractivity contribution in [3.05, 3.63) is 17.5 Å². The van der Waals surface area contributed by atoms with Gasteiger partial charge in [-0.2, -0.15) is 5.10 Å². The molecule has 20 heavy (non-hydrogen) atoms. The molecule has 2 unspecified atom stereocenters. The lowest BCUT2D eigenvalue weighted by Crippen LogP contribution is -2.46. The number of hydrogen-bond donors (Lipinski definition) is 2. The standard InChI is InChI=1S/C15H25N3O2/c1-11-5-4-6-15(20,8-11)10-16-14(19)9-18-13(3)7-12(2)17-18/h7,11,20H,4-6,8-10H2,1-3H3,(H,16,19). The molecule has 0 bridgehead atoms. The number of aromatic nitrogens is 2. The maximum Gasteiger partial charge on any atom is 0.241 e. The van der Waals surface area contributed by atoms with E-state index in [1.54, 1.807) is 4.68 Å². The summed E-state index contributed by atoms with van der Waals surface area (Å²) in [4.78, 5) is 12.0. The molecule has 1 saturated carbocycles. The van der Waals surface area contributed by atoms with Crippen molar-refractivity contribution in [1.82, 2.24) is 15.1 Å². The summed E-state index contributed by atoms with van der Waals surface area (Å²) in [7, 11) is 0. The third-order valence-electron chi connectivity index (χ3n) is 4.08. The van der Waals surface area contributed by atoms with Crippen LogP contribution in [0.4, 0.5) is 0 Å². The Hall–Kier alpha value is -1.36. The molecule has 1 aliphatic carbocycles. The molecule has 5 heteroatoms. The summed E-state index contributed by atoms with van der Waals surface area (Å²) in [5.74, 6) is 0.435. The van der Waals surface area contributed by atoms with Crippen molar-refractivity contribution in [2.24, 2.45) is 5.92 Å². The Balaban J connectivity index is 1.84. The van der Waals surface area contributed by atoms with Crippen molar-refractivity contribution in [1.29, 1.82) is 0 Å². The maximum absolute atomic E-state index is 12.0. The molecule has 0 radical (unpaired) electrons. The van der Waals surface area contributed by atoms with Gasteiger partial charge in [0, 0.05) is 12.2 Å². The molecule has 0 aromatic carbocycles. The van der Waals surface area contributed by atoms with E-state index in [-0.39, 0.29) is 12.5 Å². The molecule has 1 aromatic rings. The summed E-state index contributed by atoms with van der Waals surface area (Å²) in [5.41, 5.74) is 1.15. The average molecular weight is 279 g/mol. The summed E-state index contributed by atoms with van der Waals surface area (Å²) in [6.45, 7) is 6.56. The lowest BCUT2D eigenvalue weighted by Gasteiger charge is -2.35. The fourth-order valence-electron chi connectivity index (χ4n) is 3.08. The molecule has 0 saturated heterocycles. The minimum absolute atomic E-state index is 0.0946. The van der Waals surface area contributed by atoms with Crippen LogP contribution in [0.1, 0.15) is 44.0 Å². The minimum atomic E-state index is -0.734. The predicted molar refractivity (Wildman–Crippen MR) is 77.3 cm³/mol. The highest BCUT2D eigenvalue weighted by atomic mass is 16.3. The monoisotopic (exact) mass is 279 g/mol. The third-order valence-corrected chi connectivity index (χ3v) is 4.08. The fraction of sp³-hybridized carbons (Fsp3) is 0.733. The van der Waals surface area contributed by atoms with Gasteiger partial charge in [-0.1, -0.05) is 19.8 Å². The van der Waals surface area contributed by atoms with Crippen molar-refractivity contribution in [2.75, 3.05) is 6.54 Å². The largest absolute Gasteiger partial charge is 0.388 e. The average Bonchev–Trinajstić information content (AvgIpc) is 2.65. The first-order valence-electron chi connectivity index (χ1n) is 7.38. The van der Waals surface area contributed by atoms with Crippen molar-refractivity contribution in [2.45, 2.75) is 58.6 Å². The first-order valence-corrected chi connectivity index (χ1v) is 7.38. The smallest absolute Gasteiger partial charge is 0.241 e. The van der Waals surface area contributed by atoms with Gasteiger partial charge in [0.05, 0.1) is 11.3 Å². The topological polar surface area (TPSA) is 67.2 Å². The summed E-state index contributed by atoms with van der Waals surface area (Å²) >= 11 is 0. The zero-order valence-electron chi connectivity index (χ0n) is 12.6. The van der Waals surface area contributed by atoms with Crippen LogP contribution in [0.2, 0.25) is 0 Å². The zero-order chi connectivity index (χ0) is 14.8. The number of aliphatic hydroxyl groups is 1. The molecular weight excluding hydrogens is 254 g/mol. The van der Waals surface area contributed by atoms with Crippen molar-refractivity contribution >= 4 is 5.91 Å². The quantitative estimate of drug-likeness (QED) is 0.879. The van der Waals surface area contributed by atoms with Gasteiger partial charge in [0.25, 0.3) is 0 Å². The Morgan fingerprint density at radius 3 is 2.95 bits per heavy atom. The summed E-state index contributed by atoms with van der Waals surface area (Å²) in [6, 6.07) is 1.95. The number of hydrogen-bond acceptors (Lipinski definition) is 3. The number of nitrogens with one attached hydrogen (secondary N) is 1. The Morgan fingerprint density at radius 1 is 1.60 bits per heavy atom. The second kappa shape index (κ2) is 5.95. The van der Waals surface area contributed by atoms with Crippen LogP contribution < -0.4 is 5.32 Å². The number of aryl methyl sites for hydroxylation is 2. The first kappa shape index (κ1) is 15.0. The van der Waals surface area contributed by atoms with Crippen LogP contribution in [0, 0.1) is 19.8 Å². The Morgan fingerprint density at radius 2 is 2.35 bits per heavy atom. The lowest BCUT2D eigenvalue weighted by molar-refractivity contribution is -0.123. The molecule has 2 atom stereocenters. The van der Waals surface area contributed by atoms with Crippen LogP contribution in [0.5, 0.6) is 0 Å². The van der Waals surface area contributed by atoms with Crippen LogP contribution in [0.15, 0.2) is 6.07 Å². The van der Waals surface area contributed by atoms with Crippen LogP contribution in [0.3, 0.4) is 0 Å². The van der Waals surface area contributed by atoms with Crippen LogP contribution in [-0.2, 0) is 11.3 Å². The number of carbonyl (C=O) groups excluding carboxylic acids is 1. The Kier molecular flexibility index (Phi) is 4.48. The molecule has 1 heterocycles. The van der Waals surface area contributed by atoms with Crippen molar-refractivity contribution < 1.29 is 9.90 Å². The van der Waals surface area contributed by atoms with Crippen LogP contribution in [-0.4, -0.2) is 32.9 Å². The van der Waals surface area contributed by atoms with Gasteiger partial charge in [0.2, 0.25) is 5.91 Å². The van der Waals surface area contributed by atoms with Crippen molar-refractivity contribution in [3.63, 3.8) is 0 Å². The highest BCUT2D eigenvalue weighted by Crippen LogP contribution is 2.31. The summed E-state index contributed by atoms with van der Waals surface area (Å²) in [6.07, 6.45) is 3.75. The molecule has 0 aliphatic heterocycles. The van der Waals surface area contributed by atoms with Gasteiger partial charge >= 0.3 is 0 Å². The van der Waals surface area contributed by atoms with Gasteiger partial charge in [-0.3, -0.25) is 9.48 Å². The SMILES string of the molecule is Cc1cc(C)n(CC(=O)NCC2(O)CCCC(C)C2)n1. The fourth-order valence-corrected chi connectivity index (χ4v) is 3.08. The van der Waals surface area contributed by atoms with Gasteiger partial charge in [0.15, 0.2) is 0 Å². The van der Waals surface area contributed by atoms with Crippen molar-refractivity contribution in [3.8, 4) is 0 Å². The Labute approximate surface area is 120 Å². The van der Waals surface area contributed by atoms with Crippen LogP contribution >= 0.6 is 0 Å². The molecule has 1 aromatic heterocycles. The highest BCUT2D eigenvalue weighted by molar-refractivity contribution is 5.75. The number of amides is 1. The van der Waals surface area contributed by atoms with Gasteiger partial charge in [0.1, 0.15) is 6.54 Å². The van der Waals surface area contributed by atoms with E-state index in [4.69, 9.17) is 0 Å². The minimum Gasteiger partial charge on any atom is -0.388 e. The van der Waals surface area contributed by atoms with E-state index < -0.39 is 5.60 Å². The second-order valence-electron chi connectivity index (χ2n) is 6.29. The van der Waals surface area contributed by atoms with Gasteiger partial charge in [-0.05, 0) is 38.7 Å². The zero-order valence-corrected chi connectivity index (χ0v) is 12.6. The third kappa shape index (κ3) is 3.82. The van der Waals surface area contributed by atoms with E-state index in [1.165, 1.54) is 6.42 Å². The van der Waals surface area contributed by atoms with Gasteiger partial charge < -0.3 is 10.4 Å². The van der Waals surface area contributed by atoms with E-state index in [9.17, 15) is 9.90 Å². The highest BCUT2D eigenvalue weighted by Gasteiger charge is 2.32. The lowest BCUT2D eigenvalue weighted by atomic mass is 9.79. The molecule has 1 aliphatic rings. The normalized spacial score (nSPS) is 26.5. The van der Waals surface area contributed by atoms with E-state index in [2.05, 4.69) is 17.3 Å². The first-order chi connectivity index (χ1) is 9.38. The van der Waals surface area contributed by atoms with Gasteiger partial charge in [-0.15, -0.1) is 0 Å². The van der Waals surface area contributed by atoms with E-state index in [1.807, 2.05) is 19.9 Å². The molecule has 1 fully saturated rings. The van der Waals surface area contributed by atoms with Crippen LogP contribution in [0.25, 0.3) is 0 Å².